The highest BCUT2D eigenvalue weighted by Gasteiger charge is 2.37. The van der Waals surface area contributed by atoms with Crippen LogP contribution < -0.4 is 29.3 Å². The van der Waals surface area contributed by atoms with E-state index in [0.717, 1.165) is 16.8 Å². The number of thiazole rings is 1. The van der Waals surface area contributed by atoms with Gasteiger partial charge < -0.3 is 19.1 Å². The average Bonchev–Trinajstić information content (AvgIpc) is 3.30. The van der Waals surface area contributed by atoms with E-state index in [-0.39, 0.29) is 17.7 Å². The molecule has 1 unspecified atom stereocenters. The molecule has 0 radical (unpaired) electrons. The molecule has 0 saturated carbocycles. The molecule has 41 heavy (non-hydrogen) atoms. The Kier molecular flexibility index (Phi) is 8.07. The van der Waals surface area contributed by atoms with Gasteiger partial charge in [-0.1, -0.05) is 65.9 Å². The largest absolute Gasteiger partial charge is 0.493 e. The minimum atomic E-state index is -0.871. The van der Waals surface area contributed by atoms with Gasteiger partial charge in [-0.3, -0.25) is 9.36 Å². The van der Waals surface area contributed by atoms with Crippen LogP contribution in [-0.2, 0) is 9.53 Å². The first-order chi connectivity index (χ1) is 19.9. The Bertz CT molecular complexity index is 1790. The third kappa shape index (κ3) is 5.28. The minimum absolute atomic E-state index is 0.166. The lowest BCUT2D eigenvalue weighted by atomic mass is 9.92. The van der Waals surface area contributed by atoms with Gasteiger partial charge in [0.15, 0.2) is 16.3 Å². The standard InChI is InChI=1S/C32H31N3O5S/c1-6-40-31(37)26-27(21-11-8-7-9-12-21)33-32-35(28(26)23-13-10-14-24(38-4)29(23)39-5)30(36)25(41-32)19-20-15-17-22(18-16-20)34(2)3/h7-19,28H,6H2,1-5H3. The van der Waals surface area contributed by atoms with Crippen molar-refractivity contribution < 1.29 is 19.0 Å². The van der Waals surface area contributed by atoms with E-state index in [0.29, 0.717) is 32.1 Å². The molecule has 0 bridgehead atoms. The van der Waals surface area contributed by atoms with E-state index < -0.39 is 12.0 Å². The summed E-state index contributed by atoms with van der Waals surface area (Å²) in [4.78, 5) is 35.2. The molecule has 0 amide bonds. The molecule has 0 N–H and O–H groups in total. The van der Waals surface area contributed by atoms with Gasteiger partial charge in [-0.05, 0) is 36.8 Å². The molecule has 0 fully saturated rings. The van der Waals surface area contributed by atoms with E-state index in [9.17, 15) is 9.59 Å². The zero-order valence-electron chi connectivity index (χ0n) is 23.6. The number of aromatic nitrogens is 1. The molecule has 0 spiro atoms. The van der Waals surface area contributed by atoms with Crippen LogP contribution in [0.4, 0.5) is 5.69 Å². The monoisotopic (exact) mass is 569 g/mol. The number of carbonyl (C=O) groups excluding carboxylic acids is 1. The van der Waals surface area contributed by atoms with Gasteiger partial charge in [0.05, 0.1) is 36.6 Å². The first-order valence-corrected chi connectivity index (χ1v) is 14.0. The molecule has 2 heterocycles. The summed E-state index contributed by atoms with van der Waals surface area (Å²) in [6.45, 7) is 1.91. The molecule has 8 nitrogen and oxygen atoms in total. The van der Waals surface area contributed by atoms with E-state index in [1.807, 2.05) is 91.8 Å². The van der Waals surface area contributed by atoms with Gasteiger partial charge in [-0.25, -0.2) is 9.79 Å². The first-order valence-electron chi connectivity index (χ1n) is 13.1. The predicted octanol–water partition coefficient (Wildman–Crippen LogP) is 4.02. The number of hydrogen-bond donors (Lipinski definition) is 0. The minimum Gasteiger partial charge on any atom is -0.493 e. The maximum Gasteiger partial charge on any atom is 0.338 e. The number of nitrogens with zero attached hydrogens (tertiary/aromatic N) is 3. The molecule has 1 aromatic heterocycles. The average molecular weight is 570 g/mol. The molecule has 1 aliphatic rings. The fourth-order valence-electron chi connectivity index (χ4n) is 4.88. The van der Waals surface area contributed by atoms with Crippen molar-refractivity contribution in [2.75, 3.05) is 39.8 Å². The highest BCUT2D eigenvalue weighted by molar-refractivity contribution is 7.07. The van der Waals surface area contributed by atoms with Crippen LogP contribution in [0.5, 0.6) is 11.5 Å². The zero-order chi connectivity index (χ0) is 29.1. The molecule has 4 aromatic rings. The third-order valence-corrected chi connectivity index (χ3v) is 7.79. The van der Waals surface area contributed by atoms with Crippen molar-refractivity contribution in [1.82, 2.24) is 4.57 Å². The lowest BCUT2D eigenvalue weighted by Gasteiger charge is -2.27. The van der Waals surface area contributed by atoms with Crippen LogP contribution in [0.1, 0.15) is 29.7 Å². The number of anilines is 1. The Morgan fingerprint density at radius 1 is 1.00 bits per heavy atom. The van der Waals surface area contributed by atoms with Crippen molar-refractivity contribution in [2.45, 2.75) is 13.0 Å². The van der Waals surface area contributed by atoms with Crippen molar-refractivity contribution in [3.63, 3.8) is 0 Å². The second kappa shape index (κ2) is 11.9. The number of carbonyl (C=O) groups is 1. The van der Waals surface area contributed by atoms with Crippen molar-refractivity contribution >= 4 is 34.8 Å². The van der Waals surface area contributed by atoms with Crippen LogP contribution in [0.25, 0.3) is 11.8 Å². The van der Waals surface area contributed by atoms with Crippen molar-refractivity contribution in [3.8, 4) is 11.5 Å². The van der Waals surface area contributed by atoms with Gasteiger partial charge >= 0.3 is 5.97 Å². The summed E-state index contributed by atoms with van der Waals surface area (Å²) in [5, 5.41) is 0. The molecule has 210 valence electrons. The van der Waals surface area contributed by atoms with E-state index in [4.69, 9.17) is 19.2 Å². The number of para-hydroxylation sites is 1. The third-order valence-electron chi connectivity index (χ3n) is 6.81. The lowest BCUT2D eigenvalue weighted by Crippen LogP contribution is -2.40. The van der Waals surface area contributed by atoms with Crippen LogP contribution in [0, 0.1) is 0 Å². The number of esters is 1. The van der Waals surface area contributed by atoms with Crippen LogP contribution >= 0.6 is 11.3 Å². The highest BCUT2D eigenvalue weighted by Crippen LogP contribution is 2.42. The summed E-state index contributed by atoms with van der Waals surface area (Å²) >= 11 is 1.27. The Labute approximate surface area is 242 Å². The van der Waals surface area contributed by atoms with Gasteiger partial charge in [0.25, 0.3) is 5.56 Å². The van der Waals surface area contributed by atoms with Crippen molar-refractivity contribution in [1.29, 1.82) is 0 Å². The van der Waals surface area contributed by atoms with E-state index >= 15 is 0 Å². The first kappa shape index (κ1) is 27.9. The zero-order valence-corrected chi connectivity index (χ0v) is 24.4. The number of benzene rings is 3. The smallest absolute Gasteiger partial charge is 0.338 e. The maximum atomic E-state index is 14.1. The van der Waals surface area contributed by atoms with E-state index in [1.165, 1.54) is 18.4 Å². The summed E-state index contributed by atoms with van der Waals surface area (Å²) in [6.07, 6.45) is 1.85. The van der Waals surface area contributed by atoms with Crippen molar-refractivity contribution in [2.24, 2.45) is 4.99 Å². The molecular weight excluding hydrogens is 538 g/mol. The van der Waals surface area contributed by atoms with Gasteiger partial charge in [0, 0.05) is 30.9 Å². The summed E-state index contributed by atoms with van der Waals surface area (Å²) in [5.74, 6) is 0.345. The lowest BCUT2D eigenvalue weighted by molar-refractivity contribution is -0.138. The molecule has 0 saturated heterocycles. The molecule has 1 atom stereocenters. The maximum absolute atomic E-state index is 14.1. The van der Waals surface area contributed by atoms with Crippen LogP contribution in [0.15, 0.2) is 88.2 Å². The van der Waals surface area contributed by atoms with Gasteiger partial charge in [0.2, 0.25) is 0 Å². The van der Waals surface area contributed by atoms with Crippen LogP contribution in [-0.4, -0.2) is 45.5 Å². The number of hydrogen-bond acceptors (Lipinski definition) is 8. The highest BCUT2D eigenvalue weighted by atomic mass is 32.1. The molecule has 9 heteroatoms. The summed E-state index contributed by atoms with van der Waals surface area (Å²) in [5.41, 5.74) is 3.68. The Morgan fingerprint density at radius 2 is 1.73 bits per heavy atom. The fraction of sp³-hybridized carbons (Fsp3) is 0.219. The van der Waals surface area contributed by atoms with E-state index in [2.05, 4.69) is 0 Å². The topological polar surface area (TPSA) is 82.4 Å². The van der Waals surface area contributed by atoms with Gasteiger partial charge in [-0.2, -0.15) is 0 Å². The molecular formula is C32H31N3O5S. The summed E-state index contributed by atoms with van der Waals surface area (Å²) in [6, 6.07) is 21.9. The molecule has 1 aliphatic heterocycles. The van der Waals surface area contributed by atoms with Crippen molar-refractivity contribution in [3.05, 3.63) is 115 Å². The van der Waals surface area contributed by atoms with Gasteiger partial charge in [0.1, 0.15) is 6.04 Å². The number of rotatable bonds is 8. The summed E-state index contributed by atoms with van der Waals surface area (Å²) < 4.78 is 19.0. The van der Waals surface area contributed by atoms with E-state index in [1.54, 1.807) is 24.7 Å². The Balaban J connectivity index is 1.84. The SMILES string of the molecule is CCOC(=O)C1=C(c2ccccc2)N=c2sc(=Cc3ccc(N(C)C)cc3)c(=O)n2C1c1cccc(OC)c1OC. The molecule has 3 aromatic carbocycles. The fourth-order valence-corrected chi connectivity index (χ4v) is 5.88. The quantitative estimate of drug-likeness (QED) is 0.298. The summed E-state index contributed by atoms with van der Waals surface area (Å²) in [7, 11) is 7.04. The Hall–Kier alpha value is -4.63. The normalized spacial score (nSPS) is 14.8. The molecule has 5 rings (SSSR count). The number of fused-ring (bicyclic) bond motifs is 1. The number of ether oxygens (including phenoxy) is 3. The molecule has 0 aliphatic carbocycles. The van der Waals surface area contributed by atoms with Gasteiger partial charge in [-0.15, -0.1) is 0 Å². The number of methoxy groups -OCH3 is 2. The predicted molar refractivity (Wildman–Crippen MR) is 161 cm³/mol. The van der Waals surface area contributed by atoms with Crippen LogP contribution in [0.3, 0.4) is 0 Å². The second-order valence-electron chi connectivity index (χ2n) is 9.50. The van der Waals surface area contributed by atoms with Crippen LogP contribution in [0.2, 0.25) is 0 Å². The second-order valence-corrected chi connectivity index (χ2v) is 10.5. The Morgan fingerprint density at radius 3 is 2.37 bits per heavy atom.